The van der Waals surface area contributed by atoms with Gasteiger partial charge < -0.3 is 4.42 Å². The first-order valence-electron chi connectivity index (χ1n) is 9.50. The molecule has 0 spiro atoms. The summed E-state index contributed by atoms with van der Waals surface area (Å²) in [6.45, 7) is 5.77. The molecule has 0 aliphatic carbocycles. The molecule has 0 aliphatic heterocycles. The van der Waals surface area contributed by atoms with Crippen molar-refractivity contribution >= 4 is 16.8 Å². The Balaban J connectivity index is 1.96. The molecule has 0 aliphatic rings. The predicted molar refractivity (Wildman–Crippen MR) is 112 cm³/mol. The average Bonchev–Trinajstić information content (AvgIpc) is 3.14. The Morgan fingerprint density at radius 1 is 1.04 bits per heavy atom. The highest BCUT2D eigenvalue weighted by Crippen LogP contribution is 2.27. The van der Waals surface area contributed by atoms with Gasteiger partial charge in [-0.1, -0.05) is 49.4 Å². The molecule has 0 N–H and O–H groups in total. The minimum absolute atomic E-state index is 0.0662. The number of furan rings is 1. The Morgan fingerprint density at radius 2 is 1.81 bits per heavy atom. The third-order valence-corrected chi connectivity index (χ3v) is 4.88. The normalized spacial score (nSPS) is 12.2. The third kappa shape index (κ3) is 4.65. The number of allylic oxidation sites excluding steroid dienone is 4. The van der Waals surface area contributed by atoms with E-state index in [9.17, 15) is 4.79 Å². The standard InChI is InChI=1S/C25H26O2/c1-4-19(11-10-18(3)26)14-20-15-23-12-13-27-25(23)24(16-20)17-22-9-7-6-8-21(22)5-2/h4,6-13,15-16H,5,14,17H2,1-3H3/b11-10-,19-4-. The number of benzene rings is 2. The Kier molecular flexibility index (Phi) is 6.08. The fraction of sp³-hybridized carbons (Fsp3) is 0.240. The highest BCUT2D eigenvalue weighted by Gasteiger charge is 2.10. The van der Waals surface area contributed by atoms with E-state index >= 15 is 0 Å². The van der Waals surface area contributed by atoms with Crippen molar-refractivity contribution in [1.82, 2.24) is 0 Å². The summed E-state index contributed by atoms with van der Waals surface area (Å²) < 4.78 is 5.79. The molecule has 0 saturated carbocycles. The van der Waals surface area contributed by atoms with Crippen LogP contribution in [0, 0.1) is 0 Å². The van der Waals surface area contributed by atoms with E-state index < -0.39 is 0 Å². The molecule has 2 nitrogen and oxygen atoms in total. The first kappa shape index (κ1) is 18.9. The fourth-order valence-corrected chi connectivity index (χ4v) is 3.46. The van der Waals surface area contributed by atoms with E-state index in [0.29, 0.717) is 0 Å². The first-order chi connectivity index (χ1) is 13.1. The Bertz CT molecular complexity index is 1000. The minimum atomic E-state index is 0.0662. The number of fused-ring (bicyclic) bond motifs is 1. The molecule has 0 radical (unpaired) electrons. The molecule has 1 heterocycles. The molecule has 2 aromatic carbocycles. The SMILES string of the molecule is C/C=C(/C=C\C(C)=O)Cc1cc(Cc2ccccc2CC)c2occc2c1. The van der Waals surface area contributed by atoms with Crippen molar-refractivity contribution in [2.75, 3.05) is 0 Å². The van der Waals surface area contributed by atoms with Crippen LogP contribution in [0.2, 0.25) is 0 Å². The Hall–Kier alpha value is -2.87. The molecule has 0 bridgehead atoms. The maximum Gasteiger partial charge on any atom is 0.152 e. The van der Waals surface area contributed by atoms with Gasteiger partial charge in [0, 0.05) is 17.4 Å². The summed E-state index contributed by atoms with van der Waals surface area (Å²) in [6, 6.07) is 15.0. The average molecular weight is 358 g/mol. The maximum atomic E-state index is 11.2. The van der Waals surface area contributed by atoms with E-state index in [0.717, 1.165) is 35.8 Å². The number of hydrogen-bond donors (Lipinski definition) is 0. The zero-order valence-corrected chi connectivity index (χ0v) is 16.3. The van der Waals surface area contributed by atoms with E-state index in [-0.39, 0.29) is 5.78 Å². The second kappa shape index (κ2) is 8.68. The summed E-state index contributed by atoms with van der Waals surface area (Å²) >= 11 is 0. The first-order valence-corrected chi connectivity index (χ1v) is 9.50. The van der Waals surface area contributed by atoms with Crippen molar-refractivity contribution in [3.63, 3.8) is 0 Å². The Morgan fingerprint density at radius 3 is 2.52 bits per heavy atom. The summed E-state index contributed by atoms with van der Waals surface area (Å²) in [4.78, 5) is 11.2. The van der Waals surface area contributed by atoms with Crippen LogP contribution in [0.1, 0.15) is 43.0 Å². The molecule has 0 fully saturated rings. The van der Waals surface area contributed by atoms with Crippen LogP contribution in [0.3, 0.4) is 0 Å². The zero-order chi connectivity index (χ0) is 19.2. The van der Waals surface area contributed by atoms with Gasteiger partial charge in [-0.2, -0.15) is 0 Å². The minimum Gasteiger partial charge on any atom is -0.464 e. The second-order valence-electron chi connectivity index (χ2n) is 6.88. The van der Waals surface area contributed by atoms with E-state index in [4.69, 9.17) is 4.42 Å². The molecule has 0 atom stereocenters. The van der Waals surface area contributed by atoms with Crippen molar-refractivity contribution < 1.29 is 9.21 Å². The lowest BCUT2D eigenvalue weighted by Gasteiger charge is -2.11. The molecular weight excluding hydrogens is 332 g/mol. The van der Waals surface area contributed by atoms with E-state index in [1.807, 2.05) is 19.1 Å². The maximum absolute atomic E-state index is 11.2. The van der Waals surface area contributed by atoms with Crippen LogP contribution in [0.5, 0.6) is 0 Å². The van der Waals surface area contributed by atoms with Gasteiger partial charge in [-0.3, -0.25) is 4.79 Å². The van der Waals surface area contributed by atoms with E-state index in [2.05, 4.69) is 49.4 Å². The summed E-state index contributed by atoms with van der Waals surface area (Å²) in [7, 11) is 0. The largest absolute Gasteiger partial charge is 0.464 e. The van der Waals surface area contributed by atoms with Crippen LogP contribution in [0.15, 0.2) is 76.9 Å². The highest BCUT2D eigenvalue weighted by atomic mass is 16.3. The number of carbonyl (C=O) groups excluding carboxylic acids is 1. The van der Waals surface area contributed by atoms with Crippen molar-refractivity contribution in [3.8, 4) is 0 Å². The molecular formula is C25H26O2. The van der Waals surface area contributed by atoms with Gasteiger partial charge in [-0.25, -0.2) is 0 Å². The monoisotopic (exact) mass is 358 g/mol. The smallest absolute Gasteiger partial charge is 0.152 e. The fourth-order valence-electron chi connectivity index (χ4n) is 3.46. The second-order valence-corrected chi connectivity index (χ2v) is 6.88. The summed E-state index contributed by atoms with van der Waals surface area (Å²) in [5.41, 5.74) is 7.26. The Labute approximate surface area is 161 Å². The van der Waals surface area contributed by atoms with Crippen LogP contribution in [0.25, 0.3) is 11.0 Å². The number of carbonyl (C=O) groups is 1. The summed E-state index contributed by atoms with van der Waals surface area (Å²) in [5, 5.41) is 1.13. The van der Waals surface area contributed by atoms with Crippen molar-refractivity contribution in [3.05, 3.63) is 94.8 Å². The van der Waals surface area contributed by atoms with Crippen molar-refractivity contribution in [1.29, 1.82) is 0 Å². The van der Waals surface area contributed by atoms with E-state index in [1.54, 1.807) is 19.3 Å². The molecule has 2 heteroatoms. The van der Waals surface area contributed by atoms with Crippen LogP contribution in [-0.4, -0.2) is 5.78 Å². The lowest BCUT2D eigenvalue weighted by Crippen LogP contribution is -1.97. The highest BCUT2D eigenvalue weighted by molar-refractivity contribution is 5.87. The van der Waals surface area contributed by atoms with Gasteiger partial charge in [-0.05, 0) is 67.2 Å². The molecule has 3 aromatic rings. The predicted octanol–water partition coefficient (Wildman–Crippen LogP) is 6.22. The lowest BCUT2D eigenvalue weighted by molar-refractivity contribution is -0.112. The number of rotatable bonds is 7. The van der Waals surface area contributed by atoms with Gasteiger partial charge in [0.05, 0.1) is 6.26 Å². The summed E-state index contributed by atoms with van der Waals surface area (Å²) in [6.07, 6.45) is 10.0. The van der Waals surface area contributed by atoms with Gasteiger partial charge in [0.1, 0.15) is 5.58 Å². The quantitative estimate of drug-likeness (QED) is 0.371. The topological polar surface area (TPSA) is 30.2 Å². The van der Waals surface area contributed by atoms with Crippen molar-refractivity contribution in [2.45, 2.75) is 40.0 Å². The van der Waals surface area contributed by atoms with E-state index in [1.165, 1.54) is 22.3 Å². The van der Waals surface area contributed by atoms with Gasteiger partial charge in [-0.15, -0.1) is 0 Å². The van der Waals surface area contributed by atoms with Gasteiger partial charge >= 0.3 is 0 Å². The number of ketones is 1. The van der Waals surface area contributed by atoms with Crippen LogP contribution in [-0.2, 0) is 24.1 Å². The molecule has 138 valence electrons. The van der Waals surface area contributed by atoms with Crippen LogP contribution < -0.4 is 0 Å². The zero-order valence-electron chi connectivity index (χ0n) is 16.3. The molecule has 3 rings (SSSR count). The summed E-state index contributed by atoms with van der Waals surface area (Å²) in [5.74, 6) is 0.0662. The molecule has 0 unspecified atom stereocenters. The molecule has 0 saturated heterocycles. The van der Waals surface area contributed by atoms with Crippen molar-refractivity contribution in [2.24, 2.45) is 0 Å². The number of hydrogen-bond acceptors (Lipinski definition) is 2. The molecule has 0 amide bonds. The number of aryl methyl sites for hydroxylation is 1. The molecule has 1 aromatic heterocycles. The molecule has 27 heavy (non-hydrogen) atoms. The van der Waals surface area contributed by atoms with Crippen LogP contribution in [0.4, 0.5) is 0 Å². The van der Waals surface area contributed by atoms with Gasteiger partial charge in [0.2, 0.25) is 0 Å². The van der Waals surface area contributed by atoms with Gasteiger partial charge in [0.25, 0.3) is 0 Å². The lowest BCUT2D eigenvalue weighted by atomic mass is 9.94. The van der Waals surface area contributed by atoms with Crippen LogP contribution >= 0.6 is 0 Å². The third-order valence-electron chi connectivity index (χ3n) is 4.88. The van der Waals surface area contributed by atoms with Gasteiger partial charge in [0.15, 0.2) is 5.78 Å².